The Kier molecular flexibility index (Phi) is 8.88. The van der Waals surface area contributed by atoms with Crippen LogP contribution in [0.25, 0.3) is 11.0 Å². The van der Waals surface area contributed by atoms with Crippen molar-refractivity contribution in [1.82, 2.24) is 24.4 Å². The highest BCUT2D eigenvalue weighted by molar-refractivity contribution is 6.07. The van der Waals surface area contributed by atoms with Gasteiger partial charge in [-0.25, -0.2) is 18.7 Å². The number of aromatic nitrogens is 4. The molecule has 6 rings (SSSR count). The molecule has 1 aliphatic carbocycles. The van der Waals surface area contributed by atoms with Gasteiger partial charge in [-0.1, -0.05) is 12.8 Å². The SMILES string of the molecule is CC(=O)c1c(C)c2cnc(Nc3ccc(N4CCN(C(=O)/C=C/C(=O)c5ccc(F)cc5F)CC4)cn3)nc2n(C2CCCC2)c1=O. The summed E-state index contributed by atoms with van der Waals surface area (Å²) in [6, 6.07) is 6.32. The van der Waals surface area contributed by atoms with Crippen molar-refractivity contribution < 1.29 is 23.2 Å². The van der Waals surface area contributed by atoms with Crippen LogP contribution in [0, 0.1) is 18.6 Å². The van der Waals surface area contributed by atoms with Gasteiger partial charge in [0, 0.05) is 55.9 Å². The van der Waals surface area contributed by atoms with Crippen molar-refractivity contribution in [3.05, 3.63) is 93.6 Å². The third-order valence-corrected chi connectivity index (χ3v) is 8.77. The number of benzene rings is 1. The van der Waals surface area contributed by atoms with E-state index < -0.39 is 17.4 Å². The molecule has 0 unspecified atom stereocenters. The van der Waals surface area contributed by atoms with E-state index in [2.05, 4.69) is 20.2 Å². The molecule has 0 spiro atoms. The van der Waals surface area contributed by atoms with Crippen molar-refractivity contribution in [3.8, 4) is 0 Å². The zero-order chi connectivity index (χ0) is 33.2. The second-order valence-corrected chi connectivity index (χ2v) is 11.8. The van der Waals surface area contributed by atoms with E-state index in [1.807, 2.05) is 6.07 Å². The third-order valence-electron chi connectivity index (χ3n) is 8.77. The van der Waals surface area contributed by atoms with Crippen LogP contribution in [0.4, 0.5) is 26.2 Å². The zero-order valence-corrected chi connectivity index (χ0v) is 26.0. The van der Waals surface area contributed by atoms with E-state index in [1.54, 1.807) is 34.9 Å². The summed E-state index contributed by atoms with van der Waals surface area (Å²) >= 11 is 0. The number of allylic oxidation sites excluding steroid dienone is 1. The summed E-state index contributed by atoms with van der Waals surface area (Å²) in [6.07, 6.45) is 9.17. The van der Waals surface area contributed by atoms with Crippen molar-refractivity contribution in [1.29, 1.82) is 0 Å². The Bertz CT molecular complexity index is 1960. The van der Waals surface area contributed by atoms with Crippen molar-refractivity contribution in [2.75, 3.05) is 36.4 Å². The van der Waals surface area contributed by atoms with Gasteiger partial charge in [-0.15, -0.1) is 0 Å². The smallest absolute Gasteiger partial charge is 0.263 e. The minimum absolute atomic E-state index is 0.0240. The number of hydrogen-bond acceptors (Lipinski definition) is 9. The molecule has 1 saturated heterocycles. The van der Waals surface area contributed by atoms with Gasteiger partial charge in [0.05, 0.1) is 23.0 Å². The normalized spacial score (nSPS) is 15.5. The molecule has 0 radical (unpaired) electrons. The fourth-order valence-corrected chi connectivity index (χ4v) is 6.29. The first-order valence-electron chi connectivity index (χ1n) is 15.5. The monoisotopic (exact) mass is 641 g/mol. The predicted octanol–water partition coefficient (Wildman–Crippen LogP) is 4.92. The number of anilines is 3. The number of Topliss-reactive ketones (excluding diaryl/α,β-unsaturated/α-hetero) is 1. The molecule has 0 bridgehead atoms. The molecule has 1 amide bonds. The molecule has 4 aromatic rings. The maximum absolute atomic E-state index is 13.9. The van der Waals surface area contributed by atoms with Crippen LogP contribution < -0.4 is 15.8 Å². The molecule has 1 saturated carbocycles. The van der Waals surface area contributed by atoms with Gasteiger partial charge in [-0.3, -0.25) is 23.7 Å². The maximum Gasteiger partial charge on any atom is 0.263 e. The Morgan fingerprint density at radius 3 is 2.36 bits per heavy atom. The Morgan fingerprint density at radius 2 is 1.70 bits per heavy atom. The van der Waals surface area contributed by atoms with Gasteiger partial charge in [0.15, 0.2) is 11.6 Å². The summed E-state index contributed by atoms with van der Waals surface area (Å²) in [4.78, 5) is 68.1. The maximum atomic E-state index is 13.9. The van der Waals surface area contributed by atoms with Crippen molar-refractivity contribution >= 4 is 46.0 Å². The number of fused-ring (bicyclic) bond motifs is 1. The van der Waals surface area contributed by atoms with E-state index in [4.69, 9.17) is 4.98 Å². The van der Waals surface area contributed by atoms with Crippen LogP contribution in [0.5, 0.6) is 0 Å². The average Bonchev–Trinajstić information content (AvgIpc) is 3.58. The van der Waals surface area contributed by atoms with E-state index in [1.165, 1.54) is 6.92 Å². The summed E-state index contributed by atoms with van der Waals surface area (Å²) < 4.78 is 28.7. The number of carbonyl (C=O) groups is 3. The van der Waals surface area contributed by atoms with Crippen molar-refractivity contribution in [3.63, 3.8) is 0 Å². The number of pyridine rings is 2. The Balaban J connectivity index is 1.11. The largest absolute Gasteiger partial charge is 0.367 e. The number of hydrogen-bond donors (Lipinski definition) is 1. The number of carbonyl (C=O) groups excluding carboxylic acids is 3. The van der Waals surface area contributed by atoms with E-state index in [0.29, 0.717) is 54.7 Å². The first-order chi connectivity index (χ1) is 22.6. The average molecular weight is 642 g/mol. The number of piperazine rings is 1. The number of aryl methyl sites for hydroxylation is 1. The van der Waals surface area contributed by atoms with E-state index >= 15 is 0 Å². The number of rotatable bonds is 8. The van der Waals surface area contributed by atoms with Crippen molar-refractivity contribution in [2.24, 2.45) is 0 Å². The molecule has 11 nitrogen and oxygen atoms in total. The van der Waals surface area contributed by atoms with Crippen LogP contribution in [0.2, 0.25) is 0 Å². The van der Waals surface area contributed by atoms with Gasteiger partial charge >= 0.3 is 0 Å². The highest BCUT2D eigenvalue weighted by atomic mass is 19.1. The first-order valence-corrected chi connectivity index (χ1v) is 15.5. The fourth-order valence-electron chi connectivity index (χ4n) is 6.29. The zero-order valence-electron chi connectivity index (χ0n) is 26.0. The number of nitrogens with one attached hydrogen (secondary N) is 1. The predicted molar refractivity (Wildman–Crippen MR) is 172 cm³/mol. The second kappa shape index (κ2) is 13.2. The summed E-state index contributed by atoms with van der Waals surface area (Å²) in [7, 11) is 0. The quantitative estimate of drug-likeness (QED) is 0.210. The lowest BCUT2D eigenvalue weighted by molar-refractivity contribution is -0.126. The molecule has 242 valence electrons. The van der Waals surface area contributed by atoms with Gasteiger partial charge in [-0.2, -0.15) is 4.98 Å². The molecule has 47 heavy (non-hydrogen) atoms. The summed E-state index contributed by atoms with van der Waals surface area (Å²) in [5, 5.41) is 3.78. The molecular weight excluding hydrogens is 608 g/mol. The molecule has 2 fully saturated rings. The molecule has 1 aromatic carbocycles. The summed E-state index contributed by atoms with van der Waals surface area (Å²) in [5.41, 5.74) is 1.48. The minimum Gasteiger partial charge on any atom is -0.367 e. The van der Waals surface area contributed by atoms with Crippen LogP contribution in [0.15, 0.2) is 59.7 Å². The third kappa shape index (κ3) is 6.51. The second-order valence-electron chi connectivity index (χ2n) is 11.8. The molecule has 1 aliphatic heterocycles. The fraction of sp³-hybridized carbons (Fsp3) is 0.324. The number of ketones is 2. The lowest BCUT2D eigenvalue weighted by Crippen LogP contribution is -2.48. The molecule has 0 atom stereocenters. The highest BCUT2D eigenvalue weighted by Crippen LogP contribution is 2.32. The molecular formula is C34H33F2N7O4. The van der Waals surface area contributed by atoms with Crippen LogP contribution in [0.3, 0.4) is 0 Å². The molecule has 13 heteroatoms. The van der Waals surface area contributed by atoms with Crippen LogP contribution in [0.1, 0.15) is 64.9 Å². The highest BCUT2D eigenvalue weighted by Gasteiger charge is 2.26. The topological polar surface area (TPSA) is 130 Å². The Morgan fingerprint density at radius 1 is 0.957 bits per heavy atom. The van der Waals surface area contributed by atoms with Gasteiger partial charge in [-0.05, 0) is 62.6 Å². The van der Waals surface area contributed by atoms with E-state index in [9.17, 15) is 28.0 Å². The number of nitrogens with zero attached hydrogens (tertiary/aromatic N) is 6. The lowest BCUT2D eigenvalue weighted by atomic mass is 10.0. The van der Waals surface area contributed by atoms with Crippen LogP contribution >= 0.6 is 0 Å². The van der Waals surface area contributed by atoms with Crippen molar-refractivity contribution in [2.45, 2.75) is 45.6 Å². The molecule has 3 aromatic heterocycles. The Labute approximate surface area is 269 Å². The first kappa shape index (κ1) is 31.6. The lowest BCUT2D eigenvalue weighted by Gasteiger charge is -2.35. The Hall–Kier alpha value is -5.33. The van der Waals surface area contributed by atoms with E-state index in [-0.39, 0.29) is 40.4 Å². The number of halogens is 2. The van der Waals surface area contributed by atoms with Gasteiger partial charge < -0.3 is 15.1 Å². The minimum atomic E-state index is -0.982. The molecule has 4 heterocycles. The van der Waals surface area contributed by atoms with Crippen LogP contribution in [-0.2, 0) is 4.79 Å². The van der Waals surface area contributed by atoms with E-state index in [0.717, 1.165) is 55.7 Å². The summed E-state index contributed by atoms with van der Waals surface area (Å²) in [5.74, 6) is -2.36. The summed E-state index contributed by atoms with van der Waals surface area (Å²) in [6.45, 7) is 5.03. The number of amides is 1. The van der Waals surface area contributed by atoms with Crippen LogP contribution in [-0.4, -0.2) is 68.1 Å². The standard InChI is InChI=1S/C34H33F2N7O4/c1-20-26-19-38-34(40-32(26)43(23-5-3-4-6-23)33(47)31(20)21(2)44)39-29-11-8-24(18-37-29)41-13-15-42(16-14-41)30(46)12-10-28(45)25-9-7-22(35)17-27(25)36/h7-12,17-19,23H,3-6,13-16H2,1-2H3,(H,37,38,39,40)/b12-10+. The molecule has 1 N–H and O–H groups in total. The van der Waals surface area contributed by atoms with Gasteiger partial charge in [0.1, 0.15) is 23.1 Å². The van der Waals surface area contributed by atoms with Gasteiger partial charge in [0.25, 0.3) is 5.56 Å². The van der Waals surface area contributed by atoms with Gasteiger partial charge in [0.2, 0.25) is 11.9 Å². The molecule has 2 aliphatic rings.